The Kier molecular flexibility index (Phi) is 3.03. The third-order valence-corrected chi connectivity index (χ3v) is 1.62. The smallest absolute Gasteiger partial charge is 0.374 e. The minimum Gasteiger partial charge on any atom is -0.374 e. The van der Waals surface area contributed by atoms with Gasteiger partial charge in [0.1, 0.15) is 5.82 Å². The van der Waals surface area contributed by atoms with E-state index in [9.17, 15) is 4.79 Å². The minimum absolute atomic E-state index is 0.00377. The van der Waals surface area contributed by atoms with Crippen molar-refractivity contribution in [3.63, 3.8) is 0 Å². The second-order valence-corrected chi connectivity index (χ2v) is 2.76. The quantitative estimate of drug-likeness (QED) is 0.822. The second kappa shape index (κ2) is 4.83. The molecule has 0 saturated carbocycles. The van der Waals surface area contributed by atoms with Gasteiger partial charge in [-0.3, -0.25) is 5.32 Å². The highest BCUT2D eigenvalue weighted by molar-refractivity contribution is 5.84. The van der Waals surface area contributed by atoms with Crippen LogP contribution in [0.15, 0.2) is 42.9 Å². The molecule has 0 atom stereocenters. The van der Waals surface area contributed by atoms with Gasteiger partial charge in [0.2, 0.25) is 0 Å². The highest BCUT2D eigenvalue weighted by Gasteiger charge is 2.06. The predicted octanol–water partition coefficient (Wildman–Crippen LogP) is 1.48. The standard InChI is InChI=1S/C10H8N4O2/c15-10(14-8-4-1-2-5-11-8)16-9-12-6-3-7-13-9/h1-7H,(H,11,14,15). The van der Waals surface area contributed by atoms with Crippen molar-refractivity contribution in [2.75, 3.05) is 5.32 Å². The number of carbonyl (C=O) groups is 1. The zero-order chi connectivity index (χ0) is 11.2. The summed E-state index contributed by atoms with van der Waals surface area (Å²) in [6.45, 7) is 0. The molecule has 6 heteroatoms. The Morgan fingerprint density at radius 3 is 2.50 bits per heavy atom. The summed E-state index contributed by atoms with van der Waals surface area (Å²) in [5, 5.41) is 2.44. The van der Waals surface area contributed by atoms with Gasteiger partial charge in [-0.05, 0) is 18.2 Å². The lowest BCUT2D eigenvalue weighted by atomic mass is 10.5. The third-order valence-electron chi connectivity index (χ3n) is 1.62. The van der Waals surface area contributed by atoms with Gasteiger partial charge < -0.3 is 4.74 Å². The zero-order valence-corrected chi connectivity index (χ0v) is 8.20. The Balaban J connectivity index is 1.95. The van der Waals surface area contributed by atoms with Crippen LogP contribution in [0.5, 0.6) is 6.01 Å². The van der Waals surface area contributed by atoms with Gasteiger partial charge in [0.15, 0.2) is 0 Å². The van der Waals surface area contributed by atoms with Crippen LogP contribution in [0.2, 0.25) is 0 Å². The number of ether oxygens (including phenoxy) is 1. The van der Waals surface area contributed by atoms with Crippen LogP contribution >= 0.6 is 0 Å². The molecule has 2 aromatic heterocycles. The highest BCUT2D eigenvalue weighted by atomic mass is 16.6. The molecule has 2 heterocycles. The Hall–Kier alpha value is -2.50. The molecule has 2 aromatic rings. The van der Waals surface area contributed by atoms with Crippen LogP contribution in [-0.2, 0) is 0 Å². The molecule has 0 aromatic carbocycles. The van der Waals surface area contributed by atoms with Crippen molar-refractivity contribution in [3.8, 4) is 6.01 Å². The third kappa shape index (κ3) is 2.74. The summed E-state index contributed by atoms with van der Waals surface area (Å²) in [7, 11) is 0. The van der Waals surface area contributed by atoms with E-state index in [1.54, 1.807) is 30.5 Å². The van der Waals surface area contributed by atoms with Crippen molar-refractivity contribution in [1.29, 1.82) is 0 Å². The maximum atomic E-state index is 11.3. The van der Waals surface area contributed by atoms with E-state index in [0.29, 0.717) is 5.82 Å². The molecule has 1 amide bonds. The lowest BCUT2D eigenvalue weighted by Gasteiger charge is -2.03. The van der Waals surface area contributed by atoms with Gasteiger partial charge in [-0.15, -0.1) is 0 Å². The largest absolute Gasteiger partial charge is 0.420 e. The topological polar surface area (TPSA) is 77.0 Å². The molecule has 0 fully saturated rings. The van der Waals surface area contributed by atoms with Crippen molar-refractivity contribution in [1.82, 2.24) is 15.0 Å². The molecule has 0 spiro atoms. The number of hydrogen-bond donors (Lipinski definition) is 1. The monoisotopic (exact) mass is 216 g/mol. The molecule has 0 saturated heterocycles. The Bertz CT molecular complexity index is 417. The fourth-order valence-corrected chi connectivity index (χ4v) is 0.988. The molecule has 0 unspecified atom stereocenters. The number of pyridine rings is 1. The van der Waals surface area contributed by atoms with E-state index in [0.717, 1.165) is 0 Å². The van der Waals surface area contributed by atoms with Crippen LogP contribution in [0.25, 0.3) is 0 Å². The van der Waals surface area contributed by atoms with Gasteiger partial charge in [0.05, 0.1) is 0 Å². The molecule has 0 aliphatic rings. The van der Waals surface area contributed by atoms with Crippen LogP contribution in [-0.4, -0.2) is 21.0 Å². The second-order valence-electron chi connectivity index (χ2n) is 2.76. The summed E-state index contributed by atoms with van der Waals surface area (Å²) in [6.07, 6.45) is 3.85. The van der Waals surface area contributed by atoms with Gasteiger partial charge in [0.25, 0.3) is 0 Å². The number of amides is 1. The summed E-state index contributed by atoms with van der Waals surface area (Å²) in [5.74, 6) is 0.406. The maximum Gasteiger partial charge on any atom is 0.420 e. The van der Waals surface area contributed by atoms with Gasteiger partial charge in [-0.1, -0.05) is 6.07 Å². The fourth-order valence-electron chi connectivity index (χ4n) is 0.988. The van der Waals surface area contributed by atoms with E-state index >= 15 is 0 Å². The number of rotatable bonds is 2. The van der Waals surface area contributed by atoms with Crippen molar-refractivity contribution in [2.45, 2.75) is 0 Å². The average Bonchev–Trinajstić information content (AvgIpc) is 2.31. The van der Waals surface area contributed by atoms with E-state index < -0.39 is 6.09 Å². The Labute approximate surface area is 91.3 Å². The lowest BCUT2D eigenvalue weighted by molar-refractivity contribution is 0.211. The predicted molar refractivity (Wildman–Crippen MR) is 55.9 cm³/mol. The van der Waals surface area contributed by atoms with Gasteiger partial charge in [-0.2, -0.15) is 0 Å². The summed E-state index contributed by atoms with van der Waals surface area (Å²) in [4.78, 5) is 22.7. The number of anilines is 1. The number of aromatic nitrogens is 3. The average molecular weight is 216 g/mol. The number of carbonyl (C=O) groups excluding carboxylic acids is 1. The SMILES string of the molecule is O=C(Nc1ccccn1)Oc1ncccn1. The van der Waals surface area contributed by atoms with Crippen LogP contribution in [0.1, 0.15) is 0 Å². The zero-order valence-electron chi connectivity index (χ0n) is 8.20. The van der Waals surface area contributed by atoms with Gasteiger partial charge in [-0.25, -0.2) is 19.7 Å². The maximum absolute atomic E-state index is 11.3. The molecule has 16 heavy (non-hydrogen) atoms. The summed E-state index contributed by atoms with van der Waals surface area (Å²) >= 11 is 0. The first kappa shape index (κ1) is 10.0. The molecule has 2 rings (SSSR count). The van der Waals surface area contributed by atoms with Crippen molar-refractivity contribution >= 4 is 11.9 Å². The summed E-state index contributed by atoms with van der Waals surface area (Å²) in [5.41, 5.74) is 0. The fraction of sp³-hybridized carbons (Fsp3) is 0. The first-order valence-electron chi connectivity index (χ1n) is 4.51. The van der Waals surface area contributed by atoms with E-state index in [4.69, 9.17) is 4.74 Å². The van der Waals surface area contributed by atoms with Crippen molar-refractivity contribution < 1.29 is 9.53 Å². The van der Waals surface area contributed by atoms with E-state index in [1.807, 2.05) is 0 Å². The van der Waals surface area contributed by atoms with Crippen LogP contribution in [0.4, 0.5) is 10.6 Å². The first-order valence-corrected chi connectivity index (χ1v) is 4.51. The van der Waals surface area contributed by atoms with E-state index in [-0.39, 0.29) is 6.01 Å². The van der Waals surface area contributed by atoms with Crippen LogP contribution in [0.3, 0.4) is 0 Å². The first-order chi connectivity index (χ1) is 7.84. The van der Waals surface area contributed by atoms with Crippen LogP contribution in [0, 0.1) is 0 Å². The van der Waals surface area contributed by atoms with E-state index in [1.165, 1.54) is 12.4 Å². The van der Waals surface area contributed by atoms with Crippen LogP contribution < -0.4 is 10.1 Å². The Morgan fingerprint density at radius 2 is 1.81 bits per heavy atom. The van der Waals surface area contributed by atoms with Crippen molar-refractivity contribution in [2.24, 2.45) is 0 Å². The molecule has 0 radical (unpaired) electrons. The normalized spacial score (nSPS) is 9.50. The minimum atomic E-state index is -0.676. The molecule has 0 aliphatic heterocycles. The highest BCUT2D eigenvalue weighted by Crippen LogP contribution is 2.03. The summed E-state index contributed by atoms with van der Waals surface area (Å²) < 4.78 is 4.81. The lowest BCUT2D eigenvalue weighted by Crippen LogP contribution is -2.18. The van der Waals surface area contributed by atoms with Gasteiger partial charge >= 0.3 is 12.1 Å². The number of nitrogens with zero attached hydrogens (tertiary/aromatic N) is 3. The molecule has 1 N–H and O–H groups in total. The molecular formula is C10H8N4O2. The molecular weight excluding hydrogens is 208 g/mol. The number of nitrogens with one attached hydrogen (secondary N) is 1. The molecule has 0 bridgehead atoms. The molecule has 0 aliphatic carbocycles. The molecule has 80 valence electrons. The Morgan fingerprint density at radius 1 is 1.06 bits per heavy atom. The molecule has 6 nitrogen and oxygen atoms in total. The van der Waals surface area contributed by atoms with Crippen molar-refractivity contribution in [3.05, 3.63) is 42.9 Å². The summed E-state index contributed by atoms with van der Waals surface area (Å²) in [6, 6.07) is 6.77. The number of hydrogen-bond acceptors (Lipinski definition) is 5. The van der Waals surface area contributed by atoms with Gasteiger partial charge in [0, 0.05) is 18.6 Å². The van der Waals surface area contributed by atoms with E-state index in [2.05, 4.69) is 20.3 Å².